The van der Waals surface area contributed by atoms with E-state index in [-0.39, 0.29) is 23.7 Å². The molecule has 4 heterocycles. The minimum atomic E-state index is -0.854. The Kier molecular flexibility index (Phi) is 21.9. The van der Waals surface area contributed by atoms with Crippen molar-refractivity contribution < 1.29 is 19.1 Å². The topological polar surface area (TPSA) is 244 Å². The molecular formula is C47H73N15O5. The van der Waals surface area contributed by atoms with Gasteiger partial charge in [-0.25, -0.2) is 14.8 Å². The number of nitrogens with one attached hydrogen (secondary N) is 8. The quantitative estimate of drug-likeness (QED) is 0.0843. The Morgan fingerprint density at radius 2 is 1.25 bits per heavy atom. The van der Waals surface area contributed by atoms with Gasteiger partial charge in [0.2, 0.25) is 5.95 Å². The summed E-state index contributed by atoms with van der Waals surface area (Å²) in [4.78, 5) is 60.1. The van der Waals surface area contributed by atoms with E-state index < -0.39 is 23.7 Å². The fraction of sp³-hybridized carbons (Fsp3) is 0.574. The second kappa shape index (κ2) is 28.8. The summed E-state index contributed by atoms with van der Waals surface area (Å²) in [5.41, 5.74) is 10.4. The van der Waals surface area contributed by atoms with Crippen LogP contribution >= 0.6 is 0 Å². The van der Waals surface area contributed by atoms with Crippen LogP contribution in [0.25, 0.3) is 11.2 Å². The van der Waals surface area contributed by atoms with Crippen molar-refractivity contribution in [3.05, 3.63) is 87.5 Å². The highest BCUT2D eigenvalue weighted by Gasteiger charge is 2.23. The van der Waals surface area contributed by atoms with Crippen molar-refractivity contribution in [3.63, 3.8) is 0 Å². The first-order chi connectivity index (χ1) is 32.8. The zero-order chi connectivity index (χ0) is 46.9. The van der Waals surface area contributed by atoms with Gasteiger partial charge in [0.25, 0.3) is 5.56 Å². The SMILES string of the molecule is COC(=O)C(COC(=O)N1CCCNCCN(Cc2ccc(CN3CCCNCCNCCCNCC3)cc2)CCCNCC1)NCc1ccc(NCc2cnc3nc(N)[nH]c(=O)c3n2)cc1. The molecule has 2 aliphatic heterocycles. The highest BCUT2D eigenvalue weighted by Crippen LogP contribution is 2.14. The third kappa shape index (κ3) is 18.4. The van der Waals surface area contributed by atoms with Crippen molar-refractivity contribution in [2.24, 2.45) is 0 Å². The van der Waals surface area contributed by atoms with Crippen LogP contribution in [0.5, 0.6) is 0 Å². The van der Waals surface area contributed by atoms with E-state index in [4.69, 9.17) is 15.2 Å². The molecule has 0 bridgehead atoms. The Hall–Kier alpha value is -5.32. The Morgan fingerprint density at radius 1 is 0.687 bits per heavy atom. The van der Waals surface area contributed by atoms with Crippen molar-refractivity contribution in [2.75, 3.05) is 129 Å². The minimum absolute atomic E-state index is 0.0149. The number of aromatic nitrogens is 4. The molecule has 0 radical (unpaired) electrons. The number of fused-ring (bicyclic) bond motifs is 1. The second-order valence-electron chi connectivity index (χ2n) is 17.1. The summed E-state index contributed by atoms with van der Waals surface area (Å²) in [5, 5.41) is 24.2. The lowest BCUT2D eigenvalue weighted by atomic mass is 10.1. The van der Waals surface area contributed by atoms with E-state index in [9.17, 15) is 14.4 Å². The van der Waals surface area contributed by atoms with Gasteiger partial charge >= 0.3 is 12.1 Å². The Balaban J connectivity index is 0.897. The van der Waals surface area contributed by atoms with Gasteiger partial charge in [-0.2, -0.15) is 4.98 Å². The molecule has 2 saturated heterocycles. The highest BCUT2D eigenvalue weighted by molar-refractivity contribution is 5.76. The molecule has 2 aliphatic rings. The lowest BCUT2D eigenvalue weighted by Crippen LogP contribution is -2.45. The predicted molar refractivity (Wildman–Crippen MR) is 262 cm³/mol. The van der Waals surface area contributed by atoms with Crippen molar-refractivity contribution in [2.45, 2.75) is 57.9 Å². The number of methoxy groups -OCH3 is 1. The largest absolute Gasteiger partial charge is 0.468 e. The molecule has 67 heavy (non-hydrogen) atoms. The van der Waals surface area contributed by atoms with Crippen LogP contribution in [0.4, 0.5) is 16.4 Å². The number of anilines is 2. The van der Waals surface area contributed by atoms with Crippen LogP contribution in [0, 0.1) is 0 Å². The number of nitrogen functional groups attached to an aromatic ring is 1. The standard InChI is InChI=1S/C47H73N15O5/c1-66-45(64)41(55-30-36-10-12-39(13-11-36)54-31-40-32-56-43-42(57-40)44(63)59-46(48)58-43)35-67-47(65)62-26-5-18-52-22-28-61(25-4-17-53-23-29-62)34-38-8-6-37(7-9-38)33-60-24-3-16-50-20-19-49-14-2-15-51-21-27-60/h6-13,32,41,49-55H,2-5,14-31,33-35H2,1H3,(H3,48,56,58,59,63). The first kappa shape index (κ1) is 51.1. The zero-order valence-corrected chi connectivity index (χ0v) is 39.3. The van der Waals surface area contributed by atoms with Crippen LogP contribution in [0.1, 0.15) is 48.1 Å². The van der Waals surface area contributed by atoms with Gasteiger partial charge in [0, 0.05) is 84.2 Å². The monoisotopic (exact) mass is 928 g/mol. The van der Waals surface area contributed by atoms with Crippen LogP contribution in [0.3, 0.4) is 0 Å². The summed E-state index contributed by atoms with van der Waals surface area (Å²) in [6.45, 7) is 16.8. The van der Waals surface area contributed by atoms with Gasteiger partial charge in [-0.05, 0) is 100 Å². The van der Waals surface area contributed by atoms with E-state index in [1.165, 1.54) is 18.2 Å². The normalized spacial score (nSPS) is 18.0. The van der Waals surface area contributed by atoms with Gasteiger partial charge < -0.3 is 52.0 Å². The number of aromatic amines is 1. The molecule has 1 unspecified atom stereocenters. The van der Waals surface area contributed by atoms with E-state index in [1.807, 2.05) is 24.3 Å². The van der Waals surface area contributed by atoms with E-state index in [0.29, 0.717) is 38.4 Å². The summed E-state index contributed by atoms with van der Waals surface area (Å²) < 4.78 is 10.7. The number of amides is 1. The number of benzene rings is 2. The van der Waals surface area contributed by atoms with Gasteiger partial charge in [0.05, 0.1) is 25.5 Å². The Morgan fingerprint density at radius 3 is 1.88 bits per heavy atom. The van der Waals surface area contributed by atoms with Crippen LogP contribution < -0.4 is 48.5 Å². The molecule has 366 valence electrons. The fourth-order valence-corrected chi connectivity index (χ4v) is 8.01. The van der Waals surface area contributed by atoms with Gasteiger partial charge in [0.1, 0.15) is 12.6 Å². The molecule has 2 aromatic carbocycles. The molecule has 1 atom stereocenters. The van der Waals surface area contributed by atoms with Crippen molar-refractivity contribution >= 4 is 34.9 Å². The minimum Gasteiger partial charge on any atom is -0.468 e. The molecule has 1 amide bonds. The van der Waals surface area contributed by atoms with Crippen molar-refractivity contribution in [3.8, 4) is 0 Å². The lowest BCUT2D eigenvalue weighted by molar-refractivity contribution is -0.144. The van der Waals surface area contributed by atoms with Crippen molar-refractivity contribution in [1.29, 1.82) is 0 Å². The molecule has 2 aromatic heterocycles. The molecule has 6 rings (SSSR count). The smallest absolute Gasteiger partial charge is 0.409 e. The van der Waals surface area contributed by atoms with E-state index in [2.05, 4.69) is 91.2 Å². The van der Waals surface area contributed by atoms with Crippen LogP contribution in [-0.2, 0) is 40.4 Å². The van der Waals surface area contributed by atoms with E-state index in [0.717, 1.165) is 135 Å². The van der Waals surface area contributed by atoms with Crippen LogP contribution in [-0.4, -0.2) is 171 Å². The maximum absolute atomic E-state index is 13.4. The molecule has 2 fully saturated rings. The summed E-state index contributed by atoms with van der Waals surface area (Å²) in [5.74, 6) is -0.536. The number of carbonyl (C=O) groups excluding carboxylic acids is 2. The van der Waals surface area contributed by atoms with Crippen LogP contribution in [0.2, 0.25) is 0 Å². The molecule has 10 N–H and O–H groups in total. The molecule has 0 saturated carbocycles. The number of ether oxygens (including phenoxy) is 2. The first-order valence-electron chi connectivity index (χ1n) is 24.0. The van der Waals surface area contributed by atoms with Gasteiger partial charge in [0.15, 0.2) is 11.2 Å². The summed E-state index contributed by atoms with van der Waals surface area (Å²) >= 11 is 0. The summed E-state index contributed by atoms with van der Waals surface area (Å²) in [7, 11) is 1.32. The number of hydrogen-bond acceptors (Lipinski definition) is 18. The highest BCUT2D eigenvalue weighted by atomic mass is 16.6. The fourth-order valence-electron chi connectivity index (χ4n) is 8.01. The molecule has 20 nitrogen and oxygen atoms in total. The molecule has 20 heteroatoms. The average Bonchev–Trinajstić information content (AvgIpc) is 3.33. The van der Waals surface area contributed by atoms with E-state index >= 15 is 0 Å². The van der Waals surface area contributed by atoms with Gasteiger partial charge in [-0.15, -0.1) is 0 Å². The van der Waals surface area contributed by atoms with Crippen LogP contribution in [0.15, 0.2) is 59.5 Å². The second-order valence-corrected chi connectivity index (χ2v) is 17.1. The Labute approximate surface area is 394 Å². The summed E-state index contributed by atoms with van der Waals surface area (Å²) in [6, 6.07) is 16.0. The lowest BCUT2D eigenvalue weighted by Gasteiger charge is -2.26. The maximum Gasteiger partial charge on any atom is 0.409 e. The third-order valence-corrected chi connectivity index (χ3v) is 11.8. The number of H-pyrrole nitrogens is 1. The molecule has 0 aliphatic carbocycles. The number of nitrogens with two attached hydrogens (primary N) is 1. The summed E-state index contributed by atoms with van der Waals surface area (Å²) in [6.07, 6.45) is 5.13. The third-order valence-electron chi connectivity index (χ3n) is 11.8. The van der Waals surface area contributed by atoms with Gasteiger partial charge in [-0.1, -0.05) is 36.4 Å². The maximum atomic E-state index is 13.4. The van der Waals surface area contributed by atoms with Gasteiger partial charge in [-0.3, -0.25) is 29.7 Å². The first-order valence-corrected chi connectivity index (χ1v) is 24.0. The average molecular weight is 928 g/mol. The number of carbonyl (C=O) groups is 2. The predicted octanol–water partition coefficient (Wildman–Crippen LogP) is 0.817. The number of esters is 1. The van der Waals surface area contributed by atoms with E-state index in [1.54, 1.807) is 11.1 Å². The number of nitrogens with zero attached hydrogens (tertiary/aromatic N) is 6. The molecular weight excluding hydrogens is 855 g/mol. The number of hydrogen-bond donors (Lipinski definition) is 9. The molecule has 4 aromatic rings. The molecule has 0 spiro atoms. The number of rotatable bonds is 13. The zero-order valence-electron chi connectivity index (χ0n) is 39.3. The van der Waals surface area contributed by atoms with Crippen molar-refractivity contribution in [1.82, 2.24) is 66.5 Å². The Bertz CT molecular complexity index is 2100.